The molecule has 3 heteroatoms. The monoisotopic (exact) mass is 242 g/mol. The van der Waals surface area contributed by atoms with E-state index in [1.54, 1.807) is 6.20 Å². The van der Waals surface area contributed by atoms with Crippen molar-refractivity contribution < 1.29 is 0 Å². The van der Waals surface area contributed by atoms with Gasteiger partial charge in [0.15, 0.2) is 0 Å². The molecule has 1 heterocycles. The summed E-state index contributed by atoms with van der Waals surface area (Å²) < 4.78 is 1.03. The number of rotatable bonds is 4. The van der Waals surface area contributed by atoms with Gasteiger partial charge >= 0.3 is 0 Å². The smallest absolute Gasteiger partial charge is 0.0590 e. The average molecular weight is 243 g/mol. The molecule has 0 aliphatic carbocycles. The van der Waals surface area contributed by atoms with E-state index in [-0.39, 0.29) is 0 Å². The van der Waals surface area contributed by atoms with Crippen molar-refractivity contribution in [2.24, 2.45) is 0 Å². The first-order chi connectivity index (χ1) is 6.27. The van der Waals surface area contributed by atoms with E-state index in [1.807, 2.05) is 12.3 Å². The van der Waals surface area contributed by atoms with E-state index in [1.165, 1.54) is 0 Å². The molecule has 0 bridgehead atoms. The van der Waals surface area contributed by atoms with Crippen molar-refractivity contribution >= 4 is 21.6 Å². The summed E-state index contributed by atoms with van der Waals surface area (Å²) in [6, 6.07) is 2.54. The first kappa shape index (κ1) is 10.5. The summed E-state index contributed by atoms with van der Waals surface area (Å²) in [7, 11) is 0. The molecule has 0 aliphatic rings. The fraction of sp³-hybridized carbons (Fsp3) is 0.500. The van der Waals surface area contributed by atoms with E-state index in [2.05, 4.69) is 40.1 Å². The molecule has 0 spiro atoms. The maximum absolute atomic E-state index is 4.02. The van der Waals surface area contributed by atoms with E-state index in [0.29, 0.717) is 6.04 Å². The van der Waals surface area contributed by atoms with Crippen molar-refractivity contribution in [3.8, 4) is 0 Å². The first-order valence-corrected chi connectivity index (χ1v) is 5.43. The molecule has 0 unspecified atom stereocenters. The molecular formula is C10H15BrN2. The van der Waals surface area contributed by atoms with Crippen LogP contribution in [0.15, 0.2) is 22.9 Å². The fourth-order valence-electron chi connectivity index (χ4n) is 1.20. The van der Waals surface area contributed by atoms with Crippen LogP contribution in [0.2, 0.25) is 0 Å². The molecule has 0 saturated carbocycles. The third-order valence-corrected chi connectivity index (χ3v) is 2.75. The van der Waals surface area contributed by atoms with Gasteiger partial charge in [-0.15, -0.1) is 0 Å². The third-order valence-electron chi connectivity index (χ3n) is 2.12. The second kappa shape index (κ2) is 5.22. The second-order valence-electron chi connectivity index (χ2n) is 3.01. The van der Waals surface area contributed by atoms with Crippen LogP contribution in [-0.2, 0) is 0 Å². The summed E-state index contributed by atoms with van der Waals surface area (Å²) in [6.45, 7) is 4.38. The number of nitrogens with zero attached hydrogens (tertiary/aromatic N) is 1. The zero-order valence-corrected chi connectivity index (χ0v) is 9.63. The topological polar surface area (TPSA) is 24.9 Å². The summed E-state index contributed by atoms with van der Waals surface area (Å²) in [5.41, 5.74) is 1.13. The van der Waals surface area contributed by atoms with Gasteiger partial charge in [-0.05, 0) is 34.8 Å². The normalized spacial score (nSPS) is 10.5. The van der Waals surface area contributed by atoms with Crippen LogP contribution in [0.25, 0.3) is 0 Å². The Morgan fingerprint density at radius 2 is 2.15 bits per heavy atom. The standard InChI is InChI=1S/C10H15BrN2/c1-3-8(4-2)13-10-5-6-12-7-9(10)11/h5-8H,3-4H2,1-2H3,(H,12,13). The fourth-order valence-corrected chi connectivity index (χ4v) is 1.57. The van der Waals surface area contributed by atoms with Gasteiger partial charge in [0.2, 0.25) is 0 Å². The van der Waals surface area contributed by atoms with E-state index in [0.717, 1.165) is 23.0 Å². The van der Waals surface area contributed by atoms with E-state index in [4.69, 9.17) is 0 Å². The Labute approximate surface area is 87.9 Å². The lowest BCUT2D eigenvalue weighted by atomic mass is 10.1. The highest BCUT2D eigenvalue weighted by molar-refractivity contribution is 9.10. The Morgan fingerprint density at radius 3 is 2.69 bits per heavy atom. The molecule has 0 amide bonds. The Morgan fingerprint density at radius 1 is 1.46 bits per heavy atom. The third kappa shape index (κ3) is 2.99. The lowest BCUT2D eigenvalue weighted by Crippen LogP contribution is -2.17. The van der Waals surface area contributed by atoms with Crippen molar-refractivity contribution in [3.05, 3.63) is 22.9 Å². The van der Waals surface area contributed by atoms with Crippen LogP contribution in [0.3, 0.4) is 0 Å². The van der Waals surface area contributed by atoms with Gasteiger partial charge in [-0.2, -0.15) is 0 Å². The molecule has 1 aromatic rings. The zero-order valence-electron chi connectivity index (χ0n) is 8.05. The van der Waals surface area contributed by atoms with Crippen LogP contribution in [0, 0.1) is 0 Å². The number of hydrogen-bond donors (Lipinski definition) is 1. The maximum atomic E-state index is 4.02. The minimum atomic E-state index is 0.554. The van der Waals surface area contributed by atoms with Gasteiger partial charge in [0.25, 0.3) is 0 Å². The number of halogens is 1. The second-order valence-corrected chi connectivity index (χ2v) is 3.87. The van der Waals surface area contributed by atoms with Crippen molar-refractivity contribution in [2.45, 2.75) is 32.7 Å². The summed E-state index contributed by atoms with van der Waals surface area (Å²) >= 11 is 3.46. The van der Waals surface area contributed by atoms with Crippen LogP contribution in [0.5, 0.6) is 0 Å². The lowest BCUT2D eigenvalue weighted by Gasteiger charge is -2.16. The molecule has 0 atom stereocenters. The maximum Gasteiger partial charge on any atom is 0.0590 e. The SMILES string of the molecule is CCC(CC)Nc1ccncc1Br. The highest BCUT2D eigenvalue weighted by Crippen LogP contribution is 2.21. The molecule has 1 rings (SSSR count). The van der Waals surface area contributed by atoms with E-state index < -0.39 is 0 Å². The molecule has 1 aromatic heterocycles. The predicted molar refractivity (Wildman–Crippen MR) is 59.9 cm³/mol. The molecule has 0 aliphatic heterocycles. The van der Waals surface area contributed by atoms with Gasteiger partial charge in [0.05, 0.1) is 10.2 Å². The van der Waals surface area contributed by atoms with Gasteiger partial charge in [-0.1, -0.05) is 13.8 Å². The Hall–Kier alpha value is -0.570. The van der Waals surface area contributed by atoms with E-state index >= 15 is 0 Å². The highest BCUT2D eigenvalue weighted by Gasteiger charge is 2.04. The number of nitrogens with one attached hydrogen (secondary N) is 1. The van der Waals surface area contributed by atoms with Crippen molar-refractivity contribution in [1.82, 2.24) is 4.98 Å². The molecular weight excluding hydrogens is 228 g/mol. The Balaban J connectivity index is 2.67. The van der Waals surface area contributed by atoms with Crippen LogP contribution >= 0.6 is 15.9 Å². The summed E-state index contributed by atoms with van der Waals surface area (Å²) in [4.78, 5) is 4.02. The molecule has 0 aromatic carbocycles. The van der Waals surface area contributed by atoms with Crippen LogP contribution in [0.4, 0.5) is 5.69 Å². The molecule has 0 radical (unpaired) electrons. The van der Waals surface area contributed by atoms with E-state index in [9.17, 15) is 0 Å². The van der Waals surface area contributed by atoms with Gasteiger partial charge in [-0.3, -0.25) is 4.98 Å². The largest absolute Gasteiger partial charge is 0.381 e. The summed E-state index contributed by atoms with van der Waals surface area (Å²) in [5, 5.41) is 3.46. The van der Waals surface area contributed by atoms with Gasteiger partial charge < -0.3 is 5.32 Å². The minimum absolute atomic E-state index is 0.554. The van der Waals surface area contributed by atoms with Crippen molar-refractivity contribution in [1.29, 1.82) is 0 Å². The Bertz CT molecular complexity index is 259. The number of anilines is 1. The minimum Gasteiger partial charge on any atom is -0.381 e. The van der Waals surface area contributed by atoms with Crippen LogP contribution < -0.4 is 5.32 Å². The average Bonchev–Trinajstić information content (AvgIpc) is 2.17. The van der Waals surface area contributed by atoms with Crippen LogP contribution in [0.1, 0.15) is 26.7 Å². The summed E-state index contributed by atoms with van der Waals surface area (Å²) in [5.74, 6) is 0. The Kier molecular flexibility index (Phi) is 4.22. The molecule has 1 N–H and O–H groups in total. The van der Waals surface area contributed by atoms with Crippen molar-refractivity contribution in [2.75, 3.05) is 5.32 Å². The highest BCUT2D eigenvalue weighted by atomic mass is 79.9. The molecule has 2 nitrogen and oxygen atoms in total. The molecule has 72 valence electrons. The number of aromatic nitrogens is 1. The first-order valence-electron chi connectivity index (χ1n) is 4.64. The number of pyridine rings is 1. The van der Waals surface area contributed by atoms with Gasteiger partial charge in [0, 0.05) is 18.4 Å². The lowest BCUT2D eigenvalue weighted by molar-refractivity contribution is 0.671. The summed E-state index contributed by atoms with van der Waals surface area (Å²) in [6.07, 6.45) is 5.90. The molecule has 0 fully saturated rings. The molecule has 13 heavy (non-hydrogen) atoms. The quantitative estimate of drug-likeness (QED) is 0.876. The number of hydrogen-bond acceptors (Lipinski definition) is 2. The predicted octanol–water partition coefficient (Wildman–Crippen LogP) is 3.44. The van der Waals surface area contributed by atoms with Gasteiger partial charge in [0.1, 0.15) is 0 Å². The van der Waals surface area contributed by atoms with Gasteiger partial charge in [-0.25, -0.2) is 0 Å². The zero-order chi connectivity index (χ0) is 9.68. The molecule has 0 saturated heterocycles. The van der Waals surface area contributed by atoms with Crippen molar-refractivity contribution in [3.63, 3.8) is 0 Å². The van der Waals surface area contributed by atoms with Crippen LogP contribution in [-0.4, -0.2) is 11.0 Å².